The number of hydrazine groups is 1. The van der Waals surface area contributed by atoms with Crippen molar-refractivity contribution in [2.24, 2.45) is 0 Å². The number of benzene rings is 1. The van der Waals surface area contributed by atoms with Gasteiger partial charge in [0.1, 0.15) is 5.75 Å². The summed E-state index contributed by atoms with van der Waals surface area (Å²) in [5.41, 5.74) is 5.80. The molecule has 0 radical (unpaired) electrons. The van der Waals surface area contributed by atoms with E-state index in [9.17, 15) is 0 Å². The van der Waals surface area contributed by atoms with Crippen molar-refractivity contribution in [1.82, 2.24) is 15.3 Å². The van der Waals surface area contributed by atoms with E-state index in [2.05, 4.69) is 80.1 Å². The van der Waals surface area contributed by atoms with Crippen LogP contribution >= 0.6 is 27.3 Å². The minimum absolute atomic E-state index is 0.196. The number of ether oxygens (including phenoxy) is 1. The third-order valence-corrected chi connectivity index (χ3v) is 6.82. The van der Waals surface area contributed by atoms with Crippen LogP contribution in [-0.2, 0) is 0 Å². The predicted octanol–water partition coefficient (Wildman–Crippen LogP) is 4.23. The molecule has 1 unspecified atom stereocenters. The predicted molar refractivity (Wildman–Crippen MR) is 104 cm³/mol. The summed E-state index contributed by atoms with van der Waals surface area (Å²) in [7, 11) is 2.19. The van der Waals surface area contributed by atoms with Crippen LogP contribution < -0.4 is 10.2 Å². The number of piperidine rings is 1. The molecular weight excluding hydrogens is 398 g/mol. The Bertz CT molecular complexity index is 827. The van der Waals surface area contributed by atoms with Crippen molar-refractivity contribution < 1.29 is 4.74 Å². The Morgan fingerprint density at radius 3 is 2.88 bits per heavy atom. The zero-order valence-corrected chi connectivity index (χ0v) is 16.4. The van der Waals surface area contributed by atoms with Gasteiger partial charge < -0.3 is 15.1 Å². The number of nitrogens with one attached hydrogen (secondary N) is 1. The highest BCUT2D eigenvalue weighted by Crippen LogP contribution is 2.49. The Labute approximate surface area is 160 Å². The highest BCUT2D eigenvalue weighted by atomic mass is 79.9. The van der Waals surface area contributed by atoms with E-state index in [4.69, 9.17) is 4.74 Å². The fourth-order valence-electron chi connectivity index (χ4n) is 4.03. The normalized spacial score (nSPS) is 25.0. The van der Waals surface area contributed by atoms with Crippen molar-refractivity contribution in [2.75, 3.05) is 20.1 Å². The smallest absolute Gasteiger partial charge is 0.182 e. The van der Waals surface area contributed by atoms with Crippen LogP contribution in [0.2, 0.25) is 0 Å². The maximum atomic E-state index is 6.63. The van der Waals surface area contributed by atoms with Crippen molar-refractivity contribution in [1.29, 1.82) is 0 Å². The molecule has 2 aromatic rings. The average molecular weight is 418 g/mol. The van der Waals surface area contributed by atoms with Gasteiger partial charge in [-0.15, -0.1) is 11.3 Å². The lowest BCUT2D eigenvalue weighted by atomic mass is 9.93. The molecule has 3 aliphatic rings. The molecule has 0 aliphatic carbocycles. The molecule has 1 aromatic carbocycles. The SMILES string of the molecule is CN1CCC2(CC1)Oc1ccc(Br)cc1C1C=C(c3cccs3)NN12. The van der Waals surface area contributed by atoms with Gasteiger partial charge in [-0.2, -0.15) is 5.01 Å². The standard InChI is InChI=1S/C19H20BrN3OS/c1-22-8-6-19(7-9-22)23-16(12-15(21-23)18-3-2-10-25-18)14-11-13(20)4-5-17(14)24-19/h2-5,10-12,16,21H,6-9H2,1H3. The summed E-state index contributed by atoms with van der Waals surface area (Å²) in [4.78, 5) is 3.65. The molecule has 1 N–H and O–H groups in total. The van der Waals surface area contributed by atoms with Gasteiger partial charge in [0.25, 0.3) is 0 Å². The van der Waals surface area contributed by atoms with E-state index < -0.39 is 0 Å². The van der Waals surface area contributed by atoms with Crippen LogP contribution in [0, 0.1) is 0 Å². The molecule has 1 aromatic heterocycles. The van der Waals surface area contributed by atoms with Crippen LogP contribution in [0.1, 0.15) is 29.3 Å². The summed E-state index contributed by atoms with van der Waals surface area (Å²) in [6, 6.07) is 10.8. The Morgan fingerprint density at radius 1 is 1.28 bits per heavy atom. The molecule has 1 atom stereocenters. The van der Waals surface area contributed by atoms with Gasteiger partial charge in [-0.05, 0) is 42.8 Å². The maximum absolute atomic E-state index is 6.63. The summed E-state index contributed by atoms with van der Waals surface area (Å²) in [5, 5.41) is 4.48. The number of nitrogens with zero attached hydrogens (tertiary/aromatic N) is 2. The number of rotatable bonds is 1. The van der Waals surface area contributed by atoms with Gasteiger partial charge in [-0.3, -0.25) is 0 Å². The molecule has 4 heterocycles. The molecule has 1 saturated heterocycles. The number of thiophene rings is 1. The fourth-order valence-corrected chi connectivity index (χ4v) is 5.11. The van der Waals surface area contributed by atoms with Crippen molar-refractivity contribution in [3.05, 3.63) is 56.7 Å². The second kappa shape index (κ2) is 5.84. The summed E-state index contributed by atoms with van der Waals surface area (Å²) in [6.45, 7) is 2.09. The monoisotopic (exact) mass is 417 g/mol. The number of hydrogen-bond donors (Lipinski definition) is 1. The first-order valence-corrected chi connectivity index (χ1v) is 10.3. The van der Waals surface area contributed by atoms with Crippen LogP contribution in [0.5, 0.6) is 5.75 Å². The van der Waals surface area contributed by atoms with Crippen LogP contribution in [0.15, 0.2) is 46.3 Å². The molecular formula is C19H20BrN3OS. The Morgan fingerprint density at radius 2 is 2.12 bits per heavy atom. The molecule has 0 saturated carbocycles. The molecule has 3 aliphatic heterocycles. The molecule has 130 valence electrons. The zero-order chi connectivity index (χ0) is 17.0. The molecule has 0 amide bonds. The van der Waals surface area contributed by atoms with Gasteiger partial charge in [0.2, 0.25) is 0 Å². The van der Waals surface area contributed by atoms with Gasteiger partial charge in [-0.1, -0.05) is 22.0 Å². The van der Waals surface area contributed by atoms with Gasteiger partial charge >= 0.3 is 0 Å². The highest BCUT2D eigenvalue weighted by molar-refractivity contribution is 9.10. The van der Waals surface area contributed by atoms with Gasteiger partial charge in [0.15, 0.2) is 5.72 Å². The Hall–Kier alpha value is -1.34. The van der Waals surface area contributed by atoms with E-state index in [-0.39, 0.29) is 11.8 Å². The second-order valence-corrected chi connectivity index (χ2v) is 8.88. The summed E-state index contributed by atoms with van der Waals surface area (Å²) in [6.07, 6.45) is 4.34. The lowest BCUT2D eigenvalue weighted by Crippen LogP contribution is -2.63. The average Bonchev–Trinajstić information content (AvgIpc) is 3.28. The number of fused-ring (bicyclic) bond motifs is 4. The molecule has 5 rings (SSSR count). The molecule has 0 bridgehead atoms. The molecule has 4 nitrogen and oxygen atoms in total. The molecule has 1 fully saturated rings. The first-order valence-electron chi connectivity index (χ1n) is 8.63. The van der Waals surface area contributed by atoms with E-state index in [0.29, 0.717) is 0 Å². The Balaban J connectivity index is 1.60. The maximum Gasteiger partial charge on any atom is 0.182 e. The third-order valence-electron chi connectivity index (χ3n) is 5.43. The second-order valence-electron chi connectivity index (χ2n) is 7.02. The van der Waals surface area contributed by atoms with Crippen LogP contribution in [0.4, 0.5) is 0 Å². The van der Waals surface area contributed by atoms with Crippen molar-refractivity contribution in [3.63, 3.8) is 0 Å². The summed E-state index contributed by atoms with van der Waals surface area (Å²) >= 11 is 5.39. The van der Waals surface area contributed by atoms with Gasteiger partial charge in [0, 0.05) is 36.0 Å². The summed E-state index contributed by atoms with van der Waals surface area (Å²) in [5.74, 6) is 1.01. The first-order chi connectivity index (χ1) is 12.1. The van der Waals surface area contributed by atoms with E-state index in [1.807, 2.05) is 0 Å². The quantitative estimate of drug-likeness (QED) is 0.751. The first kappa shape index (κ1) is 15.9. The number of likely N-dealkylation sites (tertiary alicyclic amines) is 1. The van der Waals surface area contributed by atoms with E-state index in [1.165, 1.54) is 16.1 Å². The lowest BCUT2D eigenvalue weighted by Gasteiger charge is -2.51. The third kappa shape index (κ3) is 2.54. The molecule has 6 heteroatoms. The molecule has 25 heavy (non-hydrogen) atoms. The van der Waals surface area contributed by atoms with E-state index in [0.717, 1.165) is 36.2 Å². The van der Waals surface area contributed by atoms with Crippen molar-refractivity contribution >= 4 is 33.0 Å². The number of hydrogen-bond acceptors (Lipinski definition) is 5. The minimum atomic E-state index is -0.284. The van der Waals surface area contributed by atoms with Gasteiger partial charge in [0.05, 0.1) is 16.6 Å². The minimum Gasteiger partial charge on any atom is -0.470 e. The fraction of sp³-hybridized carbons (Fsp3) is 0.368. The summed E-state index contributed by atoms with van der Waals surface area (Å²) < 4.78 is 7.72. The van der Waals surface area contributed by atoms with E-state index in [1.54, 1.807) is 11.3 Å². The highest BCUT2D eigenvalue weighted by Gasteiger charge is 2.51. The molecule has 1 spiro atoms. The topological polar surface area (TPSA) is 27.7 Å². The zero-order valence-electron chi connectivity index (χ0n) is 14.0. The van der Waals surface area contributed by atoms with Crippen LogP contribution in [0.3, 0.4) is 0 Å². The lowest BCUT2D eigenvalue weighted by molar-refractivity contribution is -0.157. The van der Waals surface area contributed by atoms with Crippen LogP contribution in [0.25, 0.3) is 5.70 Å². The van der Waals surface area contributed by atoms with E-state index >= 15 is 0 Å². The largest absolute Gasteiger partial charge is 0.470 e. The number of halogens is 1. The van der Waals surface area contributed by atoms with Gasteiger partial charge in [-0.25, -0.2) is 0 Å². The van der Waals surface area contributed by atoms with Crippen molar-refractivity contribution in [2.45, 2.75) is 24.6 Å². The van der Waals surface area contributed by atoms with Crippen molar-refractivity contribution in [3.8, 4) is 5.75 Å². The van der Waals surface area contributed by atoms with Crippen LogP contribution in [-0.4, -0.2) is 35.8 Å². The Kier molecular flexibility index (Phi) is 3.71.